The number of rotatable bonds is 3. The Morgan fingerprint density at radius 3 is 2.50 bits per heavy atom. The van der Waals surface area contributed by atoms with Crippen molar-refractivity contribution < 1.29 is 9.90 Å². The average Bonchev–Trinajstić information content (AvgIpc) is 2.83. The quantitative estimate of drug-likeness (QED) is 0.900. The van der Waals surface area contributed by atoms with Crippen LogP contribution in [0.1, 0.15) is 19.4 Å². The van der Waals surface area contributed by atoms with E-state index in [4.69, 9.17) is 23.2 Å². The number of allylic oxidation sites excluding steroid dienone is 1. The Bertz CT molecular complexity index is 520. The van der Waals surface area contributed by atoms with Gasteiger partial charge in [-0.05, 0) is 28.7 Å². The average molecular weight is 285 g/mol. The third kappa shape index (κ3) is 2.15. The van der Waals surface area contributed by atoms with Gasteiger partial charge in [0.15, 0.2) is 0 Å². The maximum absolute atomic E-state index is 11.2. The summed E-state index contributed by atoms with van der Waals surface area (Å²) in [6.07, 6.45) is 0. The number of aliphatic carboxylic acids is 1. The Morgan fingerprint density at radius 2 is 2.06 bits per heavy atom. The highest BCUT2D eigenvalue weighted by Crippen LogP contribution is 2.64. The Balaban J connectivity index is 2.36. The lowest BCUT2D eigenvalue weighted by Crippen LogP contribution is -2.03. The number of carbonyl (C=O) groups is 1. The van der Waals surface area contributed by atoms with Crippen molar-refractivity contribution in [2.45, 2.75) is 13.8 Å². The van der Waals surface area contributed by atoms with E-state index in [-0.39, 0.29) is 17.3 Å². The van der Waals surface area contributed by atoms with E-state index in [0.717, 1.165) is 11.1 Å². The van der Waals surface area contributed by atoms with Gasteiger partial charge in [0.05, 0.1) is 5.92 Å². The fourth-order valence-electron chi connectivity index (χ4n) is 2.66. The fourth-order valence-corrected chi connectivity index (χ4v) is 3.11. The molecule has 0 radical (unpaired) electrons. The van der Waals surface area contributed by atoms with Gasteiger partial charge in [-0.25, -0.2) is 0 Å². The Kier molecular flexibility index (Phi) is 3.43. The molecule has 18 heavy (non-hydrogen) atoms. The van der Waals surface area contributed by atoms with Crippen molar-refractivity contribution in [2.75, 3.05) is 0 Å². The van der Waals surface area contributed by atoms with Crippen LogP contribution in [-0.4, -0.2) is 11.1 Å². The molecule has 1 fully saturated rings. The van der Waals surface area contributed by atoms with Crippen molar-refractivity contribution in [1.82, 2.24) is 0 Å². The van der Waals surface area contributed by atoms with E-state index in [1.165, 1.54) is 5.54 Å². The predicted octanol–water partition coefficient (Wildman–Crippen LogP) is 4.28. The lowest BCUT2D eigenvalue weighted by atomic mass is 9.98. The summed E-state index contributed by atoms with van der Waals surface area (Å²) < 4.78 is 0. The number of carboxylic acid groups (broad SMARTS) is 1. The lowest BCUT2D eigenvalue weighted by Gasteiger charge is -2.08. The molecular weight excluding hydrogens is 271 g/mol. The second-order valence-electron chi connectivity index (χ2n) is 5.19. The molecule has 1 N–H and O–H groups in total. The molecule has 1 aliphatic rings. The normalized spacial score (nSPS) is 25.9. The molecule has 0 spiro atoms. The van der Waals surface area contributed by atoms with Gasteiger partial charge >= 0.3 is 5.97 Å². The number of benzene rings is 1. The van der Waals surface area contributed by atoms with Crippen molar-refractivity contribution in [3.63, 3.8) is 0 Å². The third-order valence-electron chi connectivity index (χ3n) is 3.70. The Labute approximate surface area is 116 Å². The molecule has 0 heterocycles. The van der Waals surface area contributed by atoms with E-state index in [1.807, 2.05) is 32.0 Å². The summed E-state index contributed by atoms with van der Waals surface area (Å²) in [4.78, 5) is 11.2. The third-order valence-corrected chi connectivity index (χ3v) is 4.17. The SMILES string of the molecule is CC1(C)C(C(=O)O)C1/C(=C/Cl)c1cccc(Cl)c1. The van der Waals surface area contributed by atoms with Crippen molar-refractivity contribution in [3.8, 4) is 0 Å². The van der Waals surface area contributed by atoms with Gasteiger partial charge in [0.25, 0.3) is 0 Å². The minimum absolute atomic E-state index is 0.0639. The first-order valence-electron chi connectivity index (χ1n) is 5.68. The molecule has 96 valence electrons. The van der Waals surface area contributed by atoms with Crippen molar-refractivity contribution in [2.24, 2.45) is 17.3 Å². The number of hydrogen-bond donors (Lipinski definition) is 1. The molecule has 1 aromatic rings. The summed E-state index contributed by atoms with van der Waals surface area (Å²) in [7, 11) is 0. The molecule has 1 aromatic carbocycles. The zero-order valence-electron chi connectivity index (χ0n) is 10.2. The second-order valence-corrected chi connectivity index (χ2v) is 5.84. The summed E-state index contributed by atoms with van der Waals surface area (Å²) in [5.41, 5.74) is 2.94. The minimum Gasteiger partial charge on any atom is -0.481 e. The predicted molar refractivity (Wildman–Crippen MR) is 73.7 cm³/mol. The van der Waals surface area contributed by atoms with Crippen LogP contribution in [0.4, 0.5) is 0 Å². The van der Waals surface area contributed by atoms with Crippen LogP contribution >= 0.6 is 23.2 Å². The smallest absolute Gasteiger partial charge is 0.307 e. The number of hydrogen-bond acceptors (Lipinski definition) is 1. The van der Waals surface area contributed by atoms with Gasteiger partial charge in [-0.15, -0.1) is 0 Å². The largest absolute Gasteiger partial charge is 0.481 e. The first kappa shape index (κ1) is 13.4. The standard InChI is InChI=1S/C14H14Cl2O2/c1-14(2)11(12(14)13(17)18)10(7-15)8-4-3-5-9(16)6-8/h3-7,11-12H,1-2H3,(H,17,18)/b10-7+. The summed E-state index contributed by atoms with van der Waals surface area (Å²) >= 11 is 11.8. The van der Waals surface area contributed by atoms with Gasteiger partial charge in [0.1, 0.15) is 0 Å². The molecule has 0 amide bonds. The zero-order valence-corrected chi connectivity index (χ0v) is 11.7. The van der Waals surface area contributed by atoms with Crippen LogP contribution in [-0.2, 0) is 4.79 Å². The zero-order chi connectivity index (χ0) is 13.5. The van der Waals surface area contributed by atoms with Gasteiger partial charge in [-0.2, -0.15) is 0 Å². The molecule has 2 rings (SSSR count). The van der Waals surface area contributed by atoms with Crippen LogP contribution in [0.2, 0.25) is 5.02 Å². The van der Waals surface area contributed by atoms with E-state index < -0.39 is 5.97 Å². The van der Waals surface area contributed by atoms with Gasteiger partial charge in [0.2, 0.25) is 0 Å². The topological polar surface area (TPSA) is 37.3 Å². The summed E-state index contributed by atoms with van der Waals surface area (Å²) in [6, 6.07) is 7.32. The van der Waals surface area contributed by atoms with E-state index in [0.29, 0.717) is 5.02 Å². The van der Waals surface area contributed by atoms with Gasteiger partial charge in [0, 0.05) is 16.5 Å². The van der Waals surface area contributed by atoms with E-state index >= 15 is 0 Å². The first-order valence-corrected chi connectivity index (χ1v) is 6.50. The van der Waals surface area contributed by atoms with Crippen molar-refractivity contribution in [3.05, 3.63) is 40.4 Å². The lowest BCUT2D eigenvalue weighted by molar-refractivity contribution is -0.139. The Morgan fingerprint density at radius 1 is 1.39 bits per heavy atom. The molecule has 2 unspecified atom stereocenters. The second kappa shape index (κ2) is 4.60. The van der Waals surface area contributed by atoms with Crippen LogP contribution < -0.4 is 0 Å². The summed E-state index contributed by atoms with van der Waals surface area (Å²) in [6.45, 7) is 3.89. The van der Waals surface area contributed by atoms with Gasteiger partial charge in [-0.1, -0.05) is 49.2 Å². The molecular formula is C14H14Cl2O2. The van der Waals surface area contributed by atoms with Crippen molar-refractivity contribution >= 4 is 34.7 Å². The van der Waals surface area contributed by atoms with E-state index in [1.54, 1.807) is 6.07 Å². The first-order chi connectivity index (χ1) is 8.39. The highest BCUT2D eigenvalue weighted by atomic mass is 35.5. The minimum atomic E-state index is -0.775. The van der Waals surface area contributed by atoms with Crippen LogP contribution in [0.15, 0.2) is 29.8 Å². The Hall–Kier alpha value is -0.990. The van der Waals surface area contributed by atoms with Crippen LogP contribution in [0.3, 0.4) is 0 Å². The molecule has 2 atom stereocenters. The maximum Gasteiger partial charge on any atom is 0.307 e. The highest BCUT2D eigenvalue weighted by Gasteiger charge is 2.63. The molecule has 1 saturated carbocycles. The van der Waals surface area contributed by atoms with Crippen LogP contribution in [0, 0.1) is 17.3 Å². The van der Waals surface area contributed by atoms with Gasteiger partial charge < -0.3 is 5.11 Å². The molecule has 2 nitrogen and oxygen atoms in total. The molecule has 0 aromatic heterocycles. The molecule has 0 bridgehead atoms. The van der Waals surface area contributed by atoms with Crippen molar-refractivity contribution in [1.29, 1.82) is 0 Å². The summed E-state index contributed by atoms with van der Waals surface area (Å²) in [5, 5.41) is 9.83. The van der Waals surface area contributed by atoms with Gasteiger partial charge in [-0.3, -0.25) is 4.79 Å². The maximum atomic E-state index is 11.2. The fraction of sp³-hybridized carbons (Fsp3) is 0.357. The molecule has 0 aliphatic heterocycles. The monoisotopic (exact) mass is 284 g/mol. The number of halogens is 2. The molecule has 1 aliphatic carbocycles. The molecule has 0 saturated heterocycles. The van der Waals surface area contributed by atoms with E-state index in [9.17, 15) is 9.90 Å². The molecule has 4 heteroatoms. The number of carboxylic acids is 1. The van der Waals surface area contributed by atoms with Crippen LogP contribution in [0.25, 0.3) is 5.57 Å². The van der Waals surface area contributed by atoms with E-state index in [2.05, 4.69) is 0 Å². The highest BCUT2D eigenvalue weighted by molar-refractivity contribution is 6.31. The summed E-state index contributed by atoms with van der Waals surface area (Å²) in [5.74, 6) is -1.23. The van der Waals surface area contributed by atoms with Crippen LogP contribution in [0.5, 0.6) is 0 Å².